The maximum Gasteiger partial charge on any atom is 0.234 e. The van der Waals surface area contributed by atoms with Crippen molar-refractivity contribution in [2.24, 2.45) is 11.7 Å². The maximum absolute atomic E-state index is 11.8. The van der Waals surface area contributed by atoms with Crippen LogP contribution in [0.5, 0.6) is 5.75 Å². The Morgan fingerprint density at radius 3 is 2.47 bits per heavy atom. The Morgan fingerprint density at radius 2 is 2.06 bits per heavy atom. The Balaban J connectivity index is 2.69. The van der Waals surface area contributed by atoms with Crippen molar-refractivity contribution in [3.63, 3.8) is 0 Å². The number of carbonyl (C=O) groups excluding carboxylic acids is 1. The minimum atomic E-state index is -0.424. The van der Waals surface area contributed by atoms with Gasteiger partial charge in [0, 0.05) is 5.69 Å². The first-order valence-electron chi connectivity index (χ1n) is 5.32. The van der Waals surface area contributed by atoms with Crippen LogP contribution in [0.4, 0.5) is 5.69 Å². The lowest BCUT2D eigenvalue weighted by Crippen LogP contribution is -2.32. The highest BCUT2D eigenvalue weighted by Crippen LogP contribution is 2.16. The summed E-state index contributed by atoms with van der Waals surface area (Å²) in [7, 11) is 1.59. The van der Waals surface area contributed by atoms with E-state index in [9.17, 15) is 4.79 Å². The molecule has 17 heavy (non-hydrogen) atoms. The number of rotatable bonds is 5. The van der Waals surface area contributed by atoms with Gasteiger partial charge in [0.25, 0.3) is 0 Å². The molecular formula is C12H16N2O2S. The Labute approximate surface area is 106 Å². The first-order valence-corrected chi connectivity index (χ1v) is 5.73. The number of carbonyl (C=O) groups is 1. The van der Waals surface area contributed by atoms with Gasteiger partial charge in [-0.05, 0) is 30.7 Å². The Bertz CT molecular complexity index is 403. The van der Waals surface area contributed by atoms with Gasteiger partial charge in [-0.3, -0.25) is 4.79 Å². The summed E-state index contributed by atoms with van der Waals surface area (Å²) in [6, 6.07) is 7.08. The van der Waals surface area contributed by atoms with Crippen LogP contribution in [0.25, 0.3) is 0 Å². The number of anilines is 1. The van der Waals surface area contributed by atoms with Gasteiger partial charge in [-0.2, -0.15) is 0 Å². The second-order valence-corrected chi connectivity index (χ2v) is 4.05. The molecule has 4 nitrogen and oxygen atoms in total. The van der Waals surface area contributed by atoms with Crippen LogP contribution in [0, 0.1) is 5.92 Å². The monoisotopic (exact) mass is 252 g/mol. The molecule has 0 fully saturated rings. The fourth-order valence-corrected chi connectivity index (χ4v) is 1.69. The highest BCUT2D eigenvalue weighted by atomic mass is 32.1. The Morgan fingerprint density at radius 1 is 1.47 bits per heavy atom. The third-order valence-corrected chi connectivity index (χ3v) is 2.71. The molecule has 1 rings (SSSR count). The molecule has 0 spiro atoms. The Kier molecular flexibility index (Phi) is 4.90. The van der Waals surface area contributed by atoms with Gasteiger partial charge in [0.1, 0.15) is 5.75 Å². The van der Waals surface area contributed by atoms with Crippen molar-refractivity contribution in [2.45, 2.75) is 13.3 Å². The summed E-state index contributed by atoms with van der Waals surface area (Å²) in [5.74, 6) is 0.140. The minimum Gasteiger partial charge on any atom is -0.497 e. The topological polar surface area (TPSA) is 64.3 Å². The van der Waals surface area contributed by atoms with Crippen LogP contribution >= 0.6 is 12.2 Å². The summed E-state index contributed by atoms with van der Waals surface area (Å²) < 4.78 is 5.03. The fraction of sp³-hybridized carbons (Fsp3) is 0.333. The molecule has 0 aliphatic rings. The average Bonchev–Trinajstić information content (AvgIpc) is 2.30. The van der Waals surface area contributed by atoms with Gasteiger partial charge < -0.3 is 15.8 Å². The van der Waals surface area contributed by atoms with Gasteiger partial charge in [-0.25, -0.2) is 0 Å². The van der Waals surface area contributed by atoms with Gasteiger partial charge >= 0.3 is 0 Å². The number of nitrogens with one attached hydrogen (secondary N) is 1. The van der Waals surface area contributed by atoms with Crippen molar-refractivity contribution >= 4 is 28.8 Å². The number of hydrogen-bond donors (Lipinski definition) is 2. The summed E-state index contributed by atoms with van der Waals surface area (Å²) in [5, 5.41) is 2.76. The second kappa shape index (κ2) is 6.20. The fourth-order valence-electron chi connectivity index (χ4n) is 1.42. The average molecular weight is 252 g/mol. The molecule has 0 heterocycles. The zero-order chi connectivity index (χ0) is 12.8. The van der Waals surface area contributed by atoms with E-state index in [4.69, 9.17) is 22.7 Å². The molecule has 1 aromatic carbocycles. The van der Waals surface area contributed by atoms with Crippen molar-refractivity contribution in [1.82, 2.24) is 0 Å². The molecule has 0 aromatic heterocycles. The summed E-state index contributed by atoms with van der Waals surface area (Å²) in [5.41, 5.74) is 6.20. The molecule has 3 N–H and O–H groups in total. The van der Waals surface area contributed by atoms with Crippen molar-refractivity contribution in [3.05, 3.63) is 24.3 Å². The lowest BCUT2D eigenvalue weighted by Gasteiger charge is -2.13. The summed E-state index contributed by atoms with van der Waals surface area (Å²) in [6.07, 6.45) is 0.595. The van der Waals surface area contributed by atoms with Gasteiger partial charge in [0.2, 0.25) is 5.91 Å². The van der Waals surface area contributed by atoms with Crippen LogP contribution in [0.3, 0.4) is 0 Å². The van der Waals surface area contributed by atoms with Crippen LogP contribution in [0.2, 0.25) is 0 Å². The molecule has 0 saturated heterocycles. The molecule has 1 aromatic rings. The smallest absolute Gasteiger partial charge is 0.234 e. The summed E-state index contributed by atoms with van der Waals surface area (Å²) in [6.45, 7) is 1.87. The van der Waals surface area contributed by atoms with Crippen molar-refractivity contribution in [1.29, 1.82) is 0 Å². The molecule has 0 radical (unpaired) electrons. The molecule has 1 atom stereocenters. The standard InChI is InChI=1S/C12H16N2O2S/c1-3-10(11(13)17)12(15)14-8-4-6-9(16-2)7-5-8/h4-7,10H,3H2,1-2H3,(H2,13,17)(H,14,15). The van der Waals surface area contributed by atoms with E-state index < -0.39 is 5.92 Å². The van der Waals surface area contributed by atoms with Gasteiger partial charge in [0.15, 0.2) is 0 Å². The summed E-state index contributed by atoms with van der Waals surface area (Å²) >= 11 is 4.85. The van der Waals surface area contributed by atoms with E-state index in [0.29, 0.717) is 12.1 Å². The number of ether oxygens (including phenoxy) is 1. The predicted octanol–water partition coefficient (Wildman–Crippen LogP) is 1.95. The molecule has 1 unspecified atom stereocenters. The van der Waals surface area contributed by atoms with Crippen molar-refractivity contribution in [3.8, 4) is 5.75 Å². The molecule has 0 aliphatic carbocycles. The van der Waals surface area contributed by atoms with Gasteiger partial charge in [0.05, 0.1) is 18.0 Å². The molecule has 5 heteroatoms. The zero-order valence-corrected chi connectivity index (χ0v) is 10.7. The van der Waals surface area contributed by atoms with E-state index in [0.717, 1.165) is 5.75 Å². The van der Waals surface area contributed by atoms with Crippen molar-refractivity contribution in [2.75, 3.05) is 12.4 Å². The van der Waals surface area contributed by atoms with Crippen LogP contribution in [-0.2, 0) is 4.79 Å². The first kappa shape index (κ1) is 13.4. The third-order valence-electron chi connectivity index (χ3n) is 2.43. The molecule has 92 valence electrons. The lowest BCUT2D eigenvalue weighted by atomic mass is 10.1. The van der Waals surface area contributed by atoms with Crippen LogP contribution in [-0.4, -0.2) is 18.0 Å². The first-order chi connectivity index (χ1) is 8.08. The van der Waals surface area contributed by atoms with E-state index in [2.05, 4.69) is 5.32 Å². The molecule has 0 bridgehead atoms. The largest absolute Gasteiger partial charge is 0.497 e. The minimum absolute atomic E-state index is 0.176. The van der Waals surface area contributed by atoms with Gasteiger partial charge in [-0.1, -0.05) is 19.1 Å². The third kappa shape index (κ3) is 3.71. The maximum atomic E-state index is 11.8. The van der Waals surface area contributed by atoms with Crippen LogP contribution in [0.1, 0.15) is 13.3 Å². The number of hydrogen-bond acceptors (Lipinski definition) is 3. The zero-order valence-electron chi connectivity index (χ0n) is 9.90. The number of nitrogens with two attached hydrogens (primary N) is 1. The normalized spacial score (nSPS) is 11.6. The SMILES string of the molecule is CCC(C(=O)Nc1ccc(OC)cc1)C(N)=S. The van der Waals surface area contributed by atoms with E-state index in [1.54, 1.807) is 31.4 Å². The highest BCUT2D eigenvalue weighted by molar-refractivity contribution is 7.80. The number of amides is 1. The highest BCUT2D eigenvalue weighted by Gasteiger charge is 2.19. The van der Waals surface area contributed by atoms with Crippen molar-refractivity contribution < 1.29 is 9.53 Å². The van der Waals surface area contributed by atoms with E-state index in [-0.39, 0.29) is 10.9 Å². The number of thiocarbonyl (C=S) groups is 1. The van der Waals surface area contributed by atoms with E-state index in [1.165, 1.54) is 0 Å². The lowest BCUT2D eigenvalue weighted by molar-refractivity contribution is -0.118. The van der Waals surface area contributed by atoms with Gasteiger partial charge in [-0.15, -0.1) is 0 Å². The molecule has 0 saturated carbocycles. The molecule has 0 aliphatic heterocycles. The molecular weight excluding hydrogens is 236 g/mol. The molecule has 1 amide bonds. The van der Waals surface area contributed by atoms with Crippen LogP contribution in [0.15, 0.2) is 24.3 Å². The summed E-state index contributed by atoms with van der Waals surface area (Å²) in [4.78, 5) is 12.1. The number of benzene rings is 1. The Hall–Kier alpha value is -1.62. The van der Waals surface area contributed by atoms with E-state index in [1.807, 2.05) is 6.92 Å². The quantitative estimate of drug-likeness (QED) is 0.786. The van der Waals surface area contributed by atoms with Crippen LogP contribution < -0.4 is 15.8 Å². The predicted molar refractivity (Wildman–Crippen MR) is 72.2 cm³/mol. The van der Waals surface area contributed by atoms with E-state index >= 15 is 0 Å². The second-order valence-electron chi connectivity index (χ2n) is 3.58. The number of methoxy groups -OCH3 is 1.